The number of carboxylic acid groups (broad SMARTS) is 1. The first-order valence-corrected chi connectivity index (χ1v) is 9.06. The van der Waals surface area contributed by atoms with Gasteiger partial charge in [-0.25, -0.2) is 13.9 Å². The van der Waals surface area contributed by atoms with Crippen molar-refractivity contribution >= 4 is 28.5 Å². The van der Waals surface area contributed by atoms with E-state index in [1.54, 1.807) is 12.1 Å². The number of hydrogen-bond acceptors (Lipinski definition) is 4. The number of hydrogen-bond donors (Lipinski definition) is 2. The molecule has 0 unspecified atom stereocenters. The van der Waals surface area contributed by atoms with E-state index in [0.717, 1.165) is 10.6 Å². The predicted octanol–water partition coefficient (Wildman–Crippen LogP) is 4.62. The standard InChI is InChI=1S/C13H8FN3O2.C8H10ClN/c14-8-1-3-9(4-2-8)17-12-7-15-5-11(13(18)19)10(12)6-16-17;1-6(10)7-3-2-4-8(9)5-7/h1-7H,(H,18,19);2-6H,10H2,1H3/t;6-/m.0/s1. The minimum absolute atomic E-state index is 0.0682. The zero-order valence-electron chi connectivity index (χ0n) is 15.5. The Hall–Kier alpha value is -3.29. The number of pyridine rings is 1. The van der Waals surface area contributed by atoms with Crippen molar-refractivity contribution in [1.29, 1.82) is 0 Å². The molecule has 0 aliphatic heterocycles. The lowest BCUT2D eigenvalue weighted by atomic mass is 10.1. The molecule has 0 fully saturated rings. The summed E-state index contributed by atoms with van der Waals surface area (Å²) >= 11 is 5.73. The molecule has 2 aromatic carbocycles. The average Bonchev–Trinajstić information content (AvgIpc) is 3.13. The number of fused-ring (bicyclic) bond motifs is 1. The molecule has 4 aromatic rings. The van der Waals surface area contributed by atoms with E-state index in [1.807, 2.05) is 31.2 Å². The topological polar surface area (TPSA) is 94.0 Å². The molecule has 2 heterocycles. The highest BCUT2D eigenvalue weighted by molar-refractivity contribution is 6.30. The second-order valence-corrected chi connectivity index (χ2v) is 6.74. The quantitative estimate of drug-likeness (QED) is 0.512. The van der Waals surface area contributed by atoms with Crippen molar-refractivity contribution in [2.75, 3.05) is 0 Å². The highest BCUT2D eigenvalue weighted by Gasteiger charge is 2.13. The van der Waals surface area contributed by atoms with Gasteiger partial charge in [-0.3, -0.25) is 4.98 Å². The second kappa shape index (κ2) is 8.81. The van der Waals surface area contributed by atoms with E-state index in [2.05, 4.69) is 10.1 Å². The Bertz CT molecular complexity index is 1140. The summed E-state index contributed by atoms with van der Waals surface area (Å²) in [6.45, 7) is 1.94. The summed E-state index contributed by atoms with van der Waals surface area (Å²) in [6.07, 6.45) is 4.27. The van der Waals surface area contributed by atoms with Crippen LogP contribution < -0.4 is 5.73 Å². The van der Waals surface area contributed by atoms with Crippen molar-refractivity contribution < 1.29 is 14.3 Å². The number of nitrogens with zero attached hydrogens (tertiary/aromatic N) is 3. The normalized spacial score (nSPS) is 11.6. The Morgan fingerprint density at radius 1 is 1.17 bits per heavy atom. The van der Waals surface area contributed by atoms with Crippen molar-refractivity contribution in [3.05, 3.63) is 89.1 Å². The van der Waals surface area contributed by atoms with Gasteiger partial charge in [0.15, 0.2) is 0 Å². The molecule has 0 amide bonds. The number of rotatable bonds is 3. The maximum absolute atomic E-state index is 12.9. The SMILES string of the molecule is C[C@H](N)c1cccc(Cl)c1.O=C(O)c1cncc2c1cnn2-c1ccc(F)cc1. The summed E-state index contributed by atoms with van der Waals surface area (Å²) in [5.41, 5.74) is 7.99. The Kier molecular flexibility index (Phi) is 6.21. The van der Waals surface area contributed by atoms with Gasteiger partial charge < -0.3 is 10.8 Å². The van der Waals surface area contributed by atoms with Crippen molar-refractivity contribution in [3.8, 4) is 5.69 Å². The molecule has 4 rings (SSSR count). The molecule has 0 aliphatic rings. The molecule has 6 nitrogen and oxygen atoms in total. The van der Waals surface area contributed by atoms with Crippen molar-refractivity contribution in [2.24, 2.45) is 5.73 Å². The molecule has 0 saturated carbocycles. The van der Waals surface area contributed by atoms with Gasteiger partial charge in [0.1, 0.15) is 5.82 Å². The minimum Gasteiger partial charge on any atom is -0.478 e. The van der Waals surface area contributed by atoms with E-state index < -0.39 is 5.97 Å². The van der Waals surface area contributed by atoms with Crippen LogP contribution in [0.25, 0.3) is 16.6 Å². The van der Waals surface area contributed by atoms with E-state index in [9.17, 15) is 9.18 Å². The Labute approximate surface area is 171 Å². The van der Waals surface area contributed by atoms with E-state index in [4.69, 9.17) is 22.4 Å². The van der Waals surface area contributed by atoms with Crippen molar-refractivity contribution in [2.45, 2.75) is 13.0 Å². The van der Waals surface area contributed by atoms with Crippen LogP contribution in [0, 0.1) is 5.82 Å². The van der Waals surface area contributed by atoms with E-state index >= 15 is 0 Å². The molecular weight excluding hydrogens is 395 g/mol. The molecule has 0 spiro atoms. The molecule has 0 bridgehead atoms. The third-order valence-corrected chi connectivity index (χ3v) is 4.41. The fraction of sp³-hybridized carbons (Fsp3) is 0.0952. The van der Waals surface area contributed by atoms with E-state index in [1.165, 1.54) is 35.4 Å². The molecule has 3 N–H and O–H groups in total. The van der Waals surface area contributed by atoms with Crippen LogP contribution in [-0.4, -0.2) is 25.8 Å². The number of carbonyl (C=O) groups is 1. The highest BCUT2D eigenvalue weighted by atomic mass is 35.5. The fourth-order valence-electron chi connectivity index (χ4n) is 2.69. The van der Waals surface area contributed by atoms with Gasteiger partial charge in [-0.1, -0.05) is 23.7 Å². The molecule has 29 heavy (non-hydrogen) atoms. The number of carboxylic acids is 1. The van der Waals surface area contributed by atoms with Crippen LogP contribution in [0.5, 0.6) is 0 Å². The molecule has 2 aromatic heterocycles. The van der Waals surface area contributed by atoms with Gasteiger partial charge >= 0.3 is 5.97 Å². The fourth-order valence-corrected chi connectivity index (χ4v) is 2.89. The Morgan fingerprint density at radius 2 is 1.90 bits per heavy atom. The van der Waals surface area contributed by atoms with Gasteiger partial charge in [-0.2, -0.15) is 5.10 Å². The third kappa shape index (κ3) is 4.77. The largest absolute Gasteiger partial charge is 0.478 e. The highest BCUT2D eigenvalue weighted by Crippen LogP contribution is 2.21. The number of benzene rings is 2. The molecule has 0 aliphatic carbocycles. The van der Waals surface area contributed by atoms with Crippen LogP contribution in [0.15, 0.2) is 67.1 Å². The zero-order valence-corrected chi connectivity index (χ0v) is 16.2. The summed E-state index contributed by atoms with van der Waals surface area (Å²) < 4.78 is 14.4. The minimum atomic E-state index is -1.06. The van der Waals surface area contributed by atoms with Crippen molar-refractivity contribution in [1.82, 2.24) is 14.8 Å². The van der Waals surface area contributed by atoms with Crippen molar-refractivity contribution in [3.63, 3.8) is 0 Å². The summed E-state index contributed by atoms with van der Waals surface area (Å²) in [7, 11) is 0. The van der Waals surface area contributed by atoms with Crippen LogP contribution in [0.1, 0.15) is 28.9 Å². The van der Waals surface area contributed by atoms with Crippen LogP contribution in [0.3, 0.4) is 0 Å². The van der Waals surface area contributed by atoms with Gasteiger partial charge in [-0.15, -0.1) is 0 Å². The third-order valence-electron chi connectivity index (χ3n) is 4.17. The molecular formula is C21H18ClFN4O2. The smallest absolute Gasteiger partial charge is 0.338 e. The van der Waals surface area contributed by atoms with Gasteiger partial charge in [-0.05, 0) is 48.9 Å². The summed E-state index contributed by atoms with van der Waals surface area (Å²) in [5, 5.41) is 14.4. The number of aromatic carboxylic acids is 1. The van der Waals surface area contributed by atoms with E-state index in [-0.39, 0.29) is 17.4 Å². The molecule has 0 saturated heterocycles. The van der Waals surface area contributed by atoms with Crippen LogP contribution in [0.2, 0.25) is 5.02 Å². The first-order chi connectivity index (χ1) is 13.9. The maximum Gasteiger partial charge on any atom is 0.338 e. The first-order valence-electron chi connectivity index (χ1n) is 8.69. The summed E-state index contributed by atoms with van der Waals surface area (Å²) in [5.74, 6) is -1.40. The summed E-state index contributed by atoms with van der Waals surface area (Å²) in [6, 6.07) is 13.4. The van der Waals surface area contributed by atoms with Gasteiger partial charge in [0, 0.05) is 22.6 Å². The molecule has 8 heteroatoms. The monoisotopic (exact) mass is 412 g/mol. The lowest BCUT2D eigenvalue weighted by molar-refractivity contribution is 0.0698. The van der Waals surface area contributed by atoms with Gasteiger partial charge in [0.05, 0.1) is 29.2 Å². The lowest BCUT2D eigenvalue weighted by Crippen LogP contribution is -2.04. The van der Waals surface area contributed by atoms with E-state index in [0.29, 0.717) is 16.6 Å². The molecule has 1 atom stereocenters. The predicted molar refractivity (Wildman–Crippen MR) is 110 cm³/mol. The van der Waals surface area contributed by atoms with Gasteiger partial charge in [0.25, 0.3) is 0 Å². The maximum atomic E-state index is 12.9. The zero-order chi connectivity index (χ0) is 21.0. The first kappa shape index (κ1) is 20.4. The average molecular weight is 413 g/mol. The van der Waals surface area contributed by atoms with Crippen LogP contribution >= 0.6 is 11.6 Å². The number of aromatic nitrogens is 3. The molecule has 148 valence electrons. The van der Waals surface area contributed by atoms with Crippen LogP contribution in [0.4, 0.5) is 4.39 Å². The Morgan fingerprint density at radius 3 is 2.48 bits per heavy atom. The lowest BCUT2D eigenvalue weighted by Gasteiger charge is -2.03. The Balaban J connectivity index is 0.000000204. The summed E-state index contributed by atoms with van der Waals surface area (Å²) in [4.78, 5) is 15.0. The molecule has 0 radical (unpaired) electrons. The van der Waals surface area contributed by atoms with Gasteiger partial charge in [0.2, 0.25) is 0 Å². The number of nitrogens with two attached hydrogens (primary N) is 1. The number of halogens is 2. The van der Waals surface area contributed by atoms with Crippen LogP contribution in [-0.2, 0) is 0 Å². The second-order valence-electron chi connectivity index (χ2n) is 6.30.